The summed E-state index contributed by atoms with van der Waals surface area (Å²) in [6.45, 7) is 1.90. The number of benzene rings is 1. The lowest BCUT2D eigenvalue weighted by Crippen LogP contribution is -2.25. The van der Waals surface area contributed by atoms with Gasteiger partial charge in [0.1, 0.15) is 0 Å². The van der Waals surface area contributed by atoms with Gasteiger partial charge in [0.2, 0.25) is 5.78 Å². The van der Waals surface area contributed by atoms with Gasteiger partial charge in [-0.2, -0.15) is 0 Å². The zero-order valence-corrected chi connectivity index (χ0v) is 13.6. The number of rotatable bonds is 5. The first-order valence-electron chi connectivity index (χ1n) is 7.13. The molecule has 1 aromatic carbocycles. The summed E-state index contributed by atoms with van der Waals surface area (Å²) in [5, 5.41) is -0.174. The molecule has 6 heteroatoms. The van der Waals surface area contributed by atoms with E-state index in [2.05, 4.69) is 10.3 Å². The Balaban J connectivity index is 2.51. The molecule has 120 valence electrons. The van der Waals surface area contributed by atoms with Crippen LogP contribution in [0, 0.1) is 0 Å². The predicted octanol–water partition coefficient (Wildman–Crippen LogP) is 2.96. The molecule has 23 heavy (non-hydrogen) atoms. The summed E-state index contributed by atoms with van der Waals surface area (Å²) in [5.74, 6) is -1.26. The van der Waals surface area contributed by atoms with Gasteiger partial charge >= 0.3 is 0 Å². The number of hydroxylamine groups is 1. The maximum atomic E-state index is 12.6. The quantitative estimate of drug-likeness (QED) is 0.664. The van der Waals surface area contributed by atoms with Crippen molar-refractivity contribution in [3.05, 3.63) is 57.6 Å². The highest BCUT2D eigenvalue weighted by Gasteiger charge is 2.30. The number of hydrogen-bond acceptors (Lipinski definition) is 4. The van der Waals surface area contributed by atoms with Crippen molar-refractivity contribution in [1.29, 1.82) is 0 Å². The molecule has 1 aromatic rings. The normalized spacial score (nSPS) is 14.8. The van der Waals surface area contributed by atoms with E-state index in [4.69, 9.17) is 11.6 Å². The first kappa shape index (κ1) is 17.1. The number of amides is 1. The monoisotopic (exact) mass is 333 g/mol. The maximum absolute atomic E-state index is 12.6. The van der Waals surface area contributed by atoms with Gasteiger partial charge < -0.3 is 0 Å². The molecule has 0 saturated carbocycles. The Morgan fingerprint density at radius 3 is 2.39 bits per heavy atom. The van der Waals surface area contributed by atoms with Crippen LogP contribution in [-0.2, 0) is 9.63 Å². The zero-order valence-electron chi connectivity index (χ0n) is 12.8. The topological polar surface area (TPSA) is 72.5 Å². The van der Waals surface area contributed by atoms with Crippen LogP contribution in [0.15, 0.2) is 46.5 Å². The second-order valence-electron chi connectivity index (χ2n) is 4.99. The summed E-state index contributed by atoms with van der Waals surface area (Å²) >= 11 is 6.08. The molecule has 0 saturated heterocycles. The van der Waals surface area contributed by atoms with Crippen molar-refractivity contribution in [2.75, 3.05) is 7.11 Å². The van der Waals surface area contributed by atoms with E-state index in [1.54, 1.807) is 24.3 Å². The molecule has 0 atom stereocenters. The van der Waals surface area contributed by atoms with Gasteiger partial charge in [-0.05, 0) is 12.5 Å². The fraction of sp³-hybridized carbons (Fsp3) is 0.235. The van der Waals surface area contributed by atoms with Crippen LogP contribution in [0.3, 0.4) is 0 Å². The fourth-order valence-corrected chi connectivity index (χ4v) is 2.59. The van der Waals surface area contributed by atoms with Crippen molar-refractivity contribution in [3.63, 3.8) is 0 Å². The van der Waals surface area contributed by atoms with Crippen molar-refractivity contribution in [3.8, 4) is 0 Å². The Hall–Kier alpha value is -2.24. The van der Waals surface area contributed by atoms with Gasteiger partial charge in [0.25, 0.3) is 5.91 Å². The highest BCUT2D eigenvalue weighted by Crippen LogP contribution is 2.30. The largest absolute Gasteiger partial charge is 0.289 e. The van der Waals surface area contributed by atoms with E-state index in [1.165, 1.54) is 13.2 Å². The Morgan fingerprint density at radius 1 is 1.22 bits per heavy atom. The van der Waals surface area contributed by atoms with Crippen molar-refractivity contribution < 1.29 is 19.2 Å². The van der Waals surface area contributed by atoms with Gasteiger partial charge in [-0.15, -0.1) is 0 Å². The molecule has 2 rings (SSSR count). The number of nitrogens with one attached hydrogen (secondary N) is 1. The van der Waals surface area contributed by atoms with E-state index < -0.39 is 11.7 Å². The van der Waals surface area contributed by atoms with Crippen molar-refractivity contribution in [2.24, 2.45) is 0 Å². The molecule has 1 aliphatic carbocycles. The number of fused-ring (bicyclic) bond motifs is 1. The maximum Gasteiger partial charge on any atom is 0.270 e. The Morgan fingerprint density at radius 2 is 1.83 bits per heavy atom. The minimum absolute atomic E-state index is 0.0325. The second-order valence-corrected chi connectivity index (χ2v) is 5.36. The first-order valence-corrected chi connectivity index (χ1v) is 7.51. The van der Waals surface area contributed by atoms with Gasteiger partial charge in [-0.25, -0.2) is 5.48 Å². The van der Waals surface area contributed by atoms with Gasteiger partial charge in [-0.3, -0.25) is 19.2 Å². The average molecular weight is 334 g/mol. The number of Topliss-reactive ketones (excluding diaryl/α,β-unsaturated/α-hetero) is 2. The molecule has 0 radical (unpaired) electrons. The number of carbonyl (C=O) groups is 3. The number of halogens is 1. The van der Waals surface area contributed by atoms with Crippen LogP contribution in [0.5, 0.6) is 0 Å². The lowest BCUT2D eigenvalue weighted by molar-refractivity contribution is -0.127. The molecule has 0 heterocycles. The average Bonchev–Trinajstić information content (AvgIpc) is 2.56. The van der Waals surface area contributed by atoms with Crippen LogP contribution >= 0.6 is 11.6 Å². The van der Waals surface area contributed by atoms with Gasteiger partial charge in [0, 0.05) is 22.3 Å². The molecule has 1 N–H and O–H groups in total. The summed E-state index contributed by atoms with van der Waals surface area (Å²) in [5.41, 5.74) is 3.13. The van der Waals surface area contributed by atoms with E-state index >= 15 is 0 Å². The Bertz CT molecular complexity index is 734. The summed E-state index contributed by atoms with van der Waals surface area (Å²) < 4.78 is 0. The molecular weight excluding hydrogens is 318 g/mol. The molecule has 0 aliphatic heterocycles. The number of carbonyl (C=O) groups excluding carboxylic acids is 3. The molecular formula is C17H16ClNO4. The Kier molecular flexibility index (Phi) is 5.47. The van der Waals surface area contributed by atoms with E-state index in [9.17, 15) is 14.4 Å². The molecule has 0 fully saturated rings. The third kappa shape index (κ3) is 3.41. The molecule has 5 nitrogen and oxygen atoms in total. The molecule has 0 bridgehead atoms. The third-order valence-electron chi connectivity index (χ3n) is 3.42. The highest BCUT2D eigenvalue weighted by atomic mass is 35.5. The molecule has 0 spiro atoms. The highest BCUT2D eigenvalue weighted by molar-refractivity contribution is 6.50. The molecule has 1 amide bonds. The minimum atomic E-state index is -0.467. The van der Waals surface area contributed by atoms with E-state index in [0.29, 0.717) is 18.4 Å². The SMILES string of the molecule is CCC/C(=C\C1=C(Cl)C(=O)c2ccccc2C1=O)C(=O)NOC. The lowest BCUT2D eigenvalue weighted by Gasteiger charge is -2.16. The van der Waals surface area contributed by atoms with Crippen molar-refractivity contribution in [2.45, 2.75) is 19.8 Å². The summed E-state index contributed by atoms with van der Waals surface area (Å²) in [4.78, 5) is 41.5. The summed E-state index contributed by atoms with van der Waals surface area (Å²) in [6.07, 6.45) is 2.48. The van der Waals surface area contributed by atoms with E-state index in [0.717, 1.165) is 0 Å². The van der Waals surface area contributed by atoms with Crippen LogP contribution in [0.4, 0.5) is 0 Å². The molecule has 1 aliphatic rings. The van der Waals surface area contributed by atoms with Crippen molar-refractivity contribution in [1.82, 2.24) is 5.48 Å². The fourth-order valence-electron chi connectivity index (χ4n) is 2.35. The molecule has 0 aromatic heterocycles. The summed E-state index contributed by atoms with van der Waals surface area (Å²) in [6, 6.07) is 6.48. The van der Waals surface area contributed by atoms with E-state index in [1.807, 2.05) is 6.92 Å². The van der Waals surface area contributed by atoms with Crippen LogP contribution < -0.4 is 5.48 Å². The van der Waals surface area contributed by atoms with Gasteiger partial charge in [0.05, 0.1) is 12.1 Å². The smallest absolute Gasteiger partial charge is 0.270 e. The van der Waals surface area contributed by atoms with Crippen LogP contribution in [0.1, 0.15) is 40.5 Å². The standard InChI is InChI=1S/C17H16ClNO4/c1-3-6-10(17(22)19-23-2)9-13-14(18)16(21)12-8-5-4-7-11(12)15(13)20/h4-5,7-9H,3,6H2,1-2H3,(H,19,22)/b10-9+. The van der Waals surface area contributed by atoms with Gasteiger partial charge in [0.15, 0.2) is 5.78 Å². The van der Waals surface area contributed by atoms with E-state index in [-0.39, 0.29) is 27.5 Å². The van der Waals surface area contributed by atoms with Gasteiger partial charge in [-0.1, -0.05) is 49.2 Å². The number of allylic oxidation sites excluding steroid dienone is 3. The second kappa shape index (κ2) is 7.35. The molecule has 0 unspecified atom stereocenters. The number of ketones is 2. The van der Waals surface area contributed by atoms with Crippen LogP contribution in [0.25, 0.3) is 0 Å². The number of hydrogen-bond donors (Lipinski definition) is 1. The van der Waals surface area contributed by atoms with Crippen LogP contribution in [-0.4, -0.2) is 24.6 Å². The Labute approximate surface area is 138 Å². The van der Waals surface area contributed by atoms with Crippen molar-refractivity contribution >= 4 is 29.1 Å². The predicted molar refractivity (Wildman–Crippen MR) is 86.1 cm³/mol. The third-order valence-corrected chi connectivity index (χ3v) is 3.80. The minimum Gasteiger partial charge on any atom is -0.289 e. The zero-order chi connectivity index (χ0) is 17.0. The first-order chi connectivity index (χ1) is 11.0. The van der Waals surface area contributed by atoms with Crippen LogP contribution in [0.2, 0.25) is 0 Å². The lowest BCUT2D eigenvalue weighted by atomic mass is 9.88. The summed E-state index contributed by atoms with van der Waals surface area (Å²) in [7, 11) is 1.32.